The second kappa shape index (κ2) is 11.1. The monoisotopic (exact) mass is 287 g/mol. The van der Waals surface area contributed by atoms with Crippen LogP contribution >= 0.6 is 0 Å². The van der Waals surface area contributed by atoms with E-state index in [1.165, 1.54) is 30.5 Å². The van der Waals surface area contributed by atoms with Gasteiger partial charge >= 0.3 is 0 Å². The SMILES string of the molecule is CC(C)(C)CCCCCC(=O)[O-].CC[N+](C)(CC)CC. The van der Waals surface area contributed by atoms with E-state index >= 15 is 0 Å². The minimum Gasteiger partial charge on any atom is -0.550 e. The third-order valence-corrected chi connectivity index (χ3v) is 4.10. The highest BCUT2D eigenvalue weighted by molar-refractivity contribution is 5.63. The van der Waals surface area contributed by atoms with Crippen LogP contribution in [0.25, 0.3) is 0 Å². The van der Waals surface area contributed by atoms with Crippen molar-refractivity contribution >= 4 is 5.97 Å². The summed E-state index contributed by atoms with van der Waals surface area (Å²) >= 11 is 0. The molecule has 0 unspecified atom stereocenters. The predicted molar refractivity (Wildman–Crippen MR) is 85.4 cm³/mol. The van der Waals surface area contributed by atoms with Gasteiger partial charge in [-0.2, -0.15) is 0 Å². The molecule has 0 aromatic carbocycles. The number of hydrogen-bond acceptors (Lipinski definition) is 2. The van der Waals surface area contributed by atoms with Gasteiger partial charge in [0, 0.05) is 5.97 Å². The topological polar surface area (TPSA) is 40.1 Å². The predicted octanol–water partition coefficient (Wildman–Crippen LogP) is 3.23. The number of hydrogen-bond donors (Lipinski definition) is 0. The van der Waals surface area contributed by atoms with E-state index in [0.29, 0.717) is 5.41 Å². The second-order valence-corrected chi connectivity index (χ2v) is 7.06. The summed E-state index contributed by atoms with van der Waals surface area (Å²) in [5, 5.41) is 10.0. The van der Waals surface area contributed by atoms with Crippen LogP contribution in [0.5, 0.6) is 0 Å². The van der Waals surface area contributed by atoms with E-state index in [2.05, 4.69) is 48.6 Å². The van der Waals surface area contributed by atoms with E-state index in [9.17, 15) is 9.90 Å². The summed E-state index contributed by atoms with van der Waals surface area (Å²) < 4.78 is 1.21. The number of quaternary nitrogens is 1. The first-order valence-electron chi connectivity index (χ1n) is 8.13. The minimum atomic E-state index is -0.925. The third kappa shape index (κ3) is 15.5. The van der Waals surface area contributed by atoms with E-state index < -0.39 is 5.97 Å². The fraction of sp³-hybridized carbons (Fsp3) is 0.941. The molecule has 0 saturated heterocycles. The van der Waals surface area contributed by atoms with Crippen LogP contribution in [0.3, 0.4) is 0 Å². The summed E-state index contributed by atoms with van der Waals surface area (Å²) in [6.45, 7) is 17.1. The summed E-state index contributed by atoms with van der Waals surface area (Å²) in [5.74, 6) is -0.925. The van der Waals surface area contributed by atoms with Crippen molar-refractivity contribution in [1.29, 1.82) is 0 Å². The molecule has 0 bridgehead atoms. The molecule has 0 aliphatic rings. The van der Waals surface area contributed by atoms with Gasteiger partial charge in [-0.1, -0.05) is 33.6 Å². The lowest BCUT2D eigenvalue weighted by Crippen LogP contribution is -2.42. The number of carbonyl (C=O) groups excluding carboxylic acids is 1. The van der Waals surface area contributed by atoms with E-state index in [1.807, 2.05) is 0 Å². The van der Waals surface area contributed by atoms with Gasteiger partial charge in [0.1, 0.15) is 0 Å². The van der Waals surface area contributed by atoms with Gasteiger partial charge in [0.25, 0.3) is 0 Å². The lowest BCUT2D eigenvalue weighted by atomic mass is 9.89. The first-order chi connectivity index (χ1) is 9.10. The summed E-state index contributed by atoms with van der Waals surface area (Å²) in [6.07, 6.45) is 4.27. The van der Waals surface area contributed by atoms with Crippen LogP contribution in [0.15, 0.2) is 0 Å². The van der Waals surface area contributed by atoms with Gasteiger partial charge in [-0.25, -0.2) is 0 Å². The molecule has 122 valence electrons. The molecular formula is C17H37NO2. The first kappa shape index (κ1) is 21.7. The van der Waals surface area contributed by atoms with E-state index in [0.717, 1.165) is 19.3 Å². The van der Waals surface area contributed by atoms with Crippen LogP contribution in [-0.4, -0.2) is 37.1 Å². The molecule has 3 nitrogen and oxygen atoms in total. The van der Waals surface area contributed by atoms with Crippen LogP contribution in [0, 0.1) is 5.41 Å². The normalized spacial score (nSPS) is 11.8. The van der Waals surface area contributed by atoms with Gasteiger partial charge in [-0.05, 0) is 45.4 Å². The number of carbonyl (C=O) groups is 1. The Labute approximate surface area is 127 Å². The average molecular weight is 287 g/mol. The molecule has 0 aliphatic carbocycles. The van der Waals surface area contributed by atoms with E-state index in [4.69, 9.17) is 0 Å². The zero-order chi connectivity index (χ0) is 16.2. The van der Waals surface area contributed by atoms with Gasteiger partial charge in [-0.3, -0.25) is 0 Å². The van der Waals surface area contributed by atoms with Crippen molar-refractivity contribution in [3.63, 3.8) is 0 Å². The van der Waals surface area contributed by atoms with Crippen LogP contribution < -0.4 is 5.11 Å². The van der Waals surface area contributed by atoms with Crippen molar-refractivity contribution in [2.45, 2.75) is 73.6 Å². The van der Waals surface area contributed by atoms with Crippen molar-refractivity contribution < 1.29 is 14.4 Å². The number of carboxylic acid groups (broad SMARTS) is 1. The maximum atomic E-state index is 10.0. The number of unbranched alkanes of at least 4 members (excludes halogenated alkanes) is 2. The standard InChI is InChI=1S/C10H20O2.C7H18N/c1-10(2,3)8-6-4-5-7-9(11)12;1-5-8(4,6-2)7-3/h4-8H2,1-3H3,(H,11,12);5-7H2,1-4H3/q;+1/p-1. The lowest BCUT2D eigenvalue weighted by Gasteiger charge is -2.30. The van der Waals surface area contributed by atoms with Gasteiger partial charge in [0.15, 0.2) is 0 Å². The second-order valence-electron chi connectivity index (χ2n) is 7.06. The van der Waals surface area contributed by atoms with Crippen molar-refractivity contribution in [2.24, 2.45) is 5.41 Å². The smallest absolute Gasteiger partial charge is 0.0755 e. The Kier molecular flexibility index (Phi) is 12.1. The quantitative estimate of drug-likeness (QED) is 0.508. The Hall–Kier alpha value is -0.570. The Morgan fingerprint density at radius 1 is 0.950 bits per heavy atom. The Morgan fingerprint density at radius 2 is 1.40 bits per heavy atom. The van der Waals surface area contributed by atoms with Crippen molar-refractivity contribution in [2.75, 3.05) is 26.7 Å². The third-order valence-electron chi connectivity index (χ3n) is 4.10. The number of carboxylic acids is 1. The highest BCUT2D eigenvalue weighted by Crippen LogP contribution is 2.22. The Bertz CT molecular complexity index is 232. The molecule has 0 atom stereocenters. The molecule has 20 heavy (non-hydrogen) atoms. The average Bonchev–Trinajstić information content (AvgIpc) is 2.36. The number of nitrogens with zero attached hydrogens (tertiary/aromatic N) is 1. The van der Waals surface area contributed by atoms with Gasteiger partial charge in [-0.15, -0.1) is 0 Å². The highest BCUT2D eigenvalue weighted by atomic mass is 16.4. The van der Waals surface area contributed by atoms with Crippen molar-refractivity contribution in [1.82, 2.24) is 0 Å². The van der Waals surface area contributed by atoms with Crippen LogP contribution in [0.1, 0.15) is 73.6 Å². The fourth-order valence-electron chi connectivity index (χ4n) is 1.77. The summed E-state index contributed by atoms with van der Waals surface area (Å²) in [5.41, 5.74) is 0.376. The van der Waals surface area contributed by atoms with Crippen molar-refractivity contribution in [3.8, 4) is 0 Å². The lowest BCUT2D eigenvalue weighted by molar-refractivity contribution is -0.904. The fourth-order valence-corrected chi connectivity index (χ4v) is 1.77. The van der Waals surface area contributed by atoms with E-state index in [1.54, 1.807) is 0 Å². The molecule has 0 N–H and O–H groups in total. The molecule has 3 heteroatoms. The first-order valence-corrected chi connectivity index (χ1v) is 8.13. The molecule has 0 saturated carbocycles. The van der Waals surface area contributed by atoms with Crippen LogP contribution in [-0.2, 0) is 4.79 Å². The molecule has 0 aromatic heterocycles. The molecule has 0 heterocycles. The van der Waals surface area contributed by atoms with Gasteiger partial charge < -0.3 is 14.4 Å². The molecular weight excluding hydrogens is 250 g/mol. The number of aliphatic carboxylic acids is 1. The molecule has 0 aromatic rings. The molecule has 0 radical (unpaired) electrons. The molecule has 0 fully saturated rings. The number of rotatable bonds is 8. The van der Waals surface area contributed by atoms with Gasteiger partial charge in [0.05, 0.1) is 26.7 Å². The zero-order valence-corrected chi connectivity index (χ0v) is 14.9. The largest absolute Gasteiger partial charge is 0.550 e. The maximum Gasteiger partial charge on any atom is 0.0755 e. The molecule has 0 aliphatic heterocycles. The molecule has 0 rings (SSSR count). The molecule has 0 spiro atoms. The van der Waals surface area contributed by atoms with Crippen LogP contribution in [0.4, 0.5) is 0 Å². The van der Waals surface area contributed by atoms with E-state index in [-0.39, 0.29) is 6.42 Å². The zero-order valence-electron chi connectivity index (χ0n) is 14.9. The summed E-state index contributed by atoms with van der Waals surface area (Å²) in [7, 11) is 2.29. The maximum absolute atomic E-state index is 10.0. The highest BCUT2D eigenvalue weighted by Gasteiger charge is 2.11. The minimum absolute atomic E-state index is 0.212. The Balaban J connectivity index is 0. The van der Waals surface area contributed by atoms with Crippen molar-refractivity contribution in [3.05, 3.63) is 0 Å². The van der Waals surface area contributed by atoms with Gasteiger partial charge in [0.2, 0.25) is 0 Å². The van der Waals surface area contributed by atoms with Crippen LogP contribution in [0.2, 0.25) is 0 Å². The summed E-state index contributed by atoms with van der Waals surface area (Å²) in [6, 6.07) is 0. The summed E-state index contributed by atoms with van der Waals surface area (Å²) in [4.78, 5) is 10.0. The Morgan fingerprint density at radius 3 is 1.65 bits per heavy atom. The molecule has 0 amide bonds.